The molecule has 1 heterocycles. The lowest BCUT2D eigenvalue weighted by Gasteiger charge is -2.20. The SMILES string of the molecule is COC(C)(C)CN=C1NC(C)C(C)S1. The molecule has 0 radical (unpaired) electrons. The molecule has 1 aliphatic heterocycles. The standard InChI is InChI=1S/C10H20N2OS/c1-7-8(2)14-9(12-7)11-6-10(3,4)13-5/h7-8H,6H2,1-5H3,(H,11,12). The van der Waals surface area contributed by atoms with Gasteiger partial charge in [0.15, 0.2) is 5.17 Å². The van der Waals surface area contributed by atoms with Gasteiger partial charge in [-0.2, -0.15) is 0 Å². The van der Waals surface area contributed by atoms with E-state index in [4.69, 9.17) is 4.74 Å². The molecule has 0 aromatic carbocycles. The lowest BCUT2D eigenvalue weighted by molar-refractivity contribution is 0.0312. The largest absolute Gasteiger partial charge is 0.377 e. The van der Waals surface area contributed by atoms with Crippen LogP contribution in [0.15, 0.2) is 4.99 Å². The molecule has 14 heavy (non-hydrogen) atoms. The van der Waals surface area contributed by atoms with Crippen LogP contribution in [0.5, 0.6) is 0 Å². The fourth-order valence-corrected chi connectivity index (χ4v) is 2.05. The number of methoxy groups -OCH3 is 1. The quantitative estimate of drug-likeness (QED) is 0.782. The molecule has 1 rings (SSSR count). The molecular weight excluding hydrogens is 196 g/mol. The Morgan fingerprint density at radius 3 is 2.57 bits per heavy atom. The van der Waals surface area contributed by atoms with E-state index < -0.39 is 0 Å². The monoisotopic (exact) mass is 216 g/mol. The second kappa shape index (κ2) is 4.53. The Balaban J connectivity index is 2.47. The van der Waals surface area contributed by atoms with Gasteiger partial charge in [0.2, 0.25) is 0 Å². The van der Waals surface area contributed by atoms with Crippen LogP contribution in [0.25, 0.3) is 0 Å². The van der Waals surface area contributed by atoms with Gasteiger partial charge < -0.3 is 10.1 Å². The third kappa shape index (κ3) is 3.17. The lowest BCUT2D eigenvalue weighted by atomic mass is 10.1. The van der Waals surface area contributed by atoms with Crippen LogP contribution in [0.3, 0.4) is 0 Å². The number of aliphatic imine (C=N–C) groups is 1. The second-order valence-corrected chi connectivity index (χ2v) is 5.71. The molecule has 0 aromatic rings. The summed E-state index contributed by atoms with van der Waals surface area (Å²) in [4.78, 5) is 4.51. The fourth-order valence-electron chi connectivity index (χ4n) is 1.03. The van der Waals surface area contributed by atoms with Crippen molar-refractivity contribution in [3.8, 4) is 0 Å². The zero-order valence-corrected chi connectivity index (χ0v) is 10.4. The molecule has 0 aromatic heterocycles. The Kier molecular flexibility index (Phi) is 3.84. The number of nitrogens with one attached hydrogen (secondary N) is 1. The van der Waals surface area contributed by atoms with Crippen molar-refractivity contribution in [1.82, 2.24) is 5.32 Å². The summed E-state index contributed by atoms with van der Waals surface area (Å²) in [6.07, 6.45) is 0. The number of thioether (sulfide) groups is 1. The van der Waals surface area contributed by atoms with E-state index in [9.17, 15) is 0 Å². The van der Waals surface area contributed by atoms with E-state index in [0.29, 0.717) is 17.8 Å². The lowest BCUT2D eigenvalue weighted by Crippen LogP contribution is -2.30. The summed E-state index contributed by atoms with van der Waals surface area (Å²) in [5.41, 5.74) is -0.162. The molecule has 2 atom stereocenters. The summed E-state index contributed by atoms with van der Waals surface area (Å²) in [7, 11) is 1.72. The van der Waals surface area contributed by atoms with Gasteiger partial charge in [0.1, 0.15) is 0 Å². The molecule has 0 spiro atoms. The van der Waals surface area contributed by atoms with Crippen molar-refractivity contribution in [2.75, 3.05) is 13.7 Å². The van der Waals surface area contributed by atoms with Gasteiger partial charge in [0, 0.05) is 18.4 Å². The highest BCUT2D eigenvalue weighted by Gasteiger charge is 2.25. The van der Waals surface area contributed by atoms with E-state index >= 15 is 0 Å². The number of rotatable bonds is 3. The molecule has 1 fully saturated rings. The predicted molar refractivity (Wildman–Crippen MR) is 63.0 cm³/mol. The van der Waals surface area contributed by atoms with Crippen molar-refractivity contribution < 1.29 is 4.74 Å². The maximum absolute atomic E-state index is 5.31. The molecule has 0 bridgehead atoms. The van der Waals surface area contributed by atoms with Crippen LogP contribution >= 0.6 is 11.8 Å². The molecule has 82 valence electrons. The fraction of sp³-hybridized carbons (Fsp3) is 0.900. The number of hydrogen-bond donors (Lipinski definition) is 1. The first-order valence-electron chi connectivity index (χ1n) is 4.97. The van der Waals surface area contributed by atoms with E-state index in [2.05, 4.69) is 24.2 Å². The summed E-state index contributed by atoms with van der Waals surface area (Å²) in [6, 6.07) is 0.518. The maximum Gasteiger partial charge on any atom is 0.157 e. The topological polar surface area (TPSA) is 33.6 Å². The first-order chi connectivity index (χ1) is 6.44. The Morgan fingerprint density at radius 2 is 2.14 bits per heavy atom. The zero-order valence-electron chi connectivity index (χ0n) is 9.63. The Labute approximate surface area is 90.7 Å². The summed E-state index contributed by atoms with van der Waals surface area (Å²) in [6.45, 7) is 9.19. The first kappa shape index (κ1) is 11.9. The average Bonchev–Trinajstić information content (AvgIpc) is 2.44. The third-order valence-electron chi connectivity index (χ3n) is 2.51. The minimum Gasteiger partial charge on any atom is -0.377 e. The van der Waals surface area contributed by atoms with Gasteiger partial charge in [-0.3, -0.25) is 4.99 Å². The van der Waals surface area contributed by atoms with Crippen LogP contribution < -0.4 is 5.32 Å². The summed E-state index contributed by atoms with van der Waals surface area (Å²) in [5.74, 6) is 0. The molecule has 1 N–H and O–H groups in total. The first-order valence-corrected chi connectivity index (χ1v) is 5.85. The van der Waals surface area contributed by atoms with Crippen molar-refractivity contribution in [2.24, 2.45) is 4.99 Å². The van der Waals surface area contributed by atoms with E-state index in [1.54, 1.807) is 7.11 Å². The van der Waals surface area contributed by atoms with Gasteiger partial charge in [0.25, 0.3) is 0 Å². The minimum absolute atomic E-state index is 0.162. The zero-order chi connectivity index (χ0) is 10.8. The Morgan fingerprint density at radius 1 is 1.50 bits per heavy atom. The van der Waals surface area contributed by atoms with Crippen LogP contribution in [0.1, 0.15) is 27.7 Å². The highest BCUT2D eigenvalue weighted by Crippen LogP contribution is 2.23. The van der Waals surface area contributed by atoms with E-state index in [1.165, 1.54) is 0 Å². The molecule has 4 heteroatoms. The highest BCUT2D eigenvalue weighted by molar-refractivity contribution is 8.14. The molecule has 1 saturated heterocycles. The van der Waals surface area contributed by atoms with Crippen LogP contribution in [0.4, 0.5) is 0 Å². The highest BCUT2D eigenvalue weighted by atomic mass is 32.2. The normalized spacial score (nSPS) is 30.8. The van der Waals surface area contributed by atoms with Crippen molar-refractivity contribution in [3.05, 3.63) is 0 Å². The summed E-state index contributed by atoms with van der Waals surface area (Å²) >= 11 is 1.81. The van der Waals surface area contributed by atoms with Gasteiger partial charge in [-0.1, -0.05) is 18.7 Å². The van der Waals surface area contributed by atoms with Crippen LogP contribution in [-0.4, -0.2) is 35.7 Å². The van der Waals surface area contributed by atoms with Crippen molar-refractivity contribution >= 4 is 16.9 Å². The smallest absolute Gasteiger partial charge is 0.157 e. The summed E-state index contributed by atoms with van der Waals surface area (Å²) < 4.78 is 5.31. The van der Waals surface area contributed by atoms with Crippen molar-refractivity contribution in [1.29, 1.82) is 0 Å². The van der Waals surface area contributed by atoms with Gasteiger partial charge >= 0.3 is 0 Å². The molecule has 0 amide bonds. The van der Waals surface area contributed by atoms with Gasteiger partial charge in [-0.25, -0.2) is 0 Å². The van der Waals surface area contributed by atoms with Crippen LogP contribution in [0.2, 0.25) is 0 Å². The third-order valence-corrected chi connectivity index (χ3v) is 3.76. The van der Waals surface area contributed by atoms with E-state index in [1.807, 2.05) is 25.6 Å². The minimum atomic E-state index is -0.162. The average molecular weight is 216 g/mol. The van der Waals surface area contributed by atoms with Crippen LogP contribution in [-0.2, 0) is 4.74 Å². The number of nitrogens with zero attached hydrogens (tertiary/aromatic N) is 1. The van der Waals surface area contributed by atoms with E-state index in [-0.39, 0.29) is 5.60 Å². The maximum atomic E-state index is 5.31. The van der Waals surface area contributed by atoms with Crippen molar-refractivity contribution in [3.63, 3.8) is 0 Å². The number of ether oxygens (including phenoxy) is 1. The number of amidine groups is 1. The molecule has 0 aliphatic carbocycles. The molecular formula is C10H20N2OS. The number of hydrogen-bond acceptors (Lipinski definition) is 3. The molecule has 0 saturated carbocycles. The van der Waals surface area contributed by atoms with Crippen molar-refractivity contribution in [2.45, 2.75) is 44.6 Å². The Bertz CT molecular complexity index is 216. The van der Waals surface area contributed by atoms with Gasteiger partial charge in [-0.05, 0) is 20.8 Å². The predicted octanol–water partition coefficient (Wildman–Crippen LogP) is 1.88. The molecule has 3 nitrogen and oxygen atoms in total. The summed E-state index contributed by atoms with van der Waals surface area (Å²) in [5, 5.41) is 5.02. The second-order valence-electron chi connectivity index (χ2n) is 4.34. The molecule has 2 unspecified atom stereocenters. The Hall–Kier alpha value is -0.220. The van der Waals surface area contributed by atoms with Gasteiger partial charge in [-0.15, -0.1) is 0 Å². The van der Waals surface area contributed by atoms with Crippen LogP contribution in [0, 0.1) is 0 Å². The molecule has 1 aliphatic rings. The van der Waals surface area contributed by atoms with E-state index in [0.717, 1.165) is 5.17 Å². The van der Waals surface area contributed by atoms with Gasteiger partial charge in [0.05, 0.1) is 12.1 Å².